The summed E-state index contributed by atoms with van der Waals surface area (Å²) in [6.07, 6.45) is 1.67. The van der Waals surface area contributed by atoms with E-state index in [9.17, 15) is 4.79 Å². The largest absolute Gasteiger partial charge is 0.332 e. The lowest BCUT2D eigenvalue weighted by Crippen LogP contribution is -2.22. The number of imidazole rings is 1. The Morgan fingerprint density at radius 1 is 1.07 bits per heavy atom. The smallest absolute Gasteiger partial charge is 0.239 e. The number of hydrogen-bond donors (Lipinski definition) is 2. The number of rotatable bonds is 6. The van der Waals surface area contributed by atoms with Crippen LogP contribution in [0.5, 0.6) is 0 Å². The van der Waals surface area contributed by atoms with Crippen molar-refractivity contribution in [3.63, 3.8) is 0 Å². The molecule has 0 saturated heterocycles. The standard InChI is InChI=1S/C21H18N4OS2/c1-14(19(26)25-20-22-12-13-27-20)28-21-23-17(15-8-4-2-5-9-15)18(24-21)16-10-6-3-7-11-16/h2-14H,1H3,(H,23,24)(H,22,25,26). The molecule has 1 atom stereocenters. The van der Waals surface area contributed by atoms with Crippen LogP contribution in [0, 0.1) is 0 Å². The molecule has 0 aliphatic heterocycles. The molecule has 2 N–H and O–H groups in total. The number of aromatic amines is 1. The van der Waals surface area contributed by atoms with Crippen LogP contribution in [-0.4, -0.2) is 26.1 Å². The summed E-state index contributed by atoms with van der Waals surface area (Å²) in [7, 11) is 0. The van der Waals surface area contributed by atoms with E-state index in [0.29, 0.717) is 10.3 Å². The van der Waals surface area contributed by atoms with Crippen molar-refractivity contribution >= 4 is 34.1 Å². The summed E-state index contributed by atoms with van der Waals surface area (Å²) in [6, 6.07) is 20.1. The predicted molar refractivity (Wildman–Crippen MR) is 116 cm³/mol. The highest BCUT2D eigenvalue weighted by molar-refractivity contribution is 8.00. The lowest BCUT2D eigenvalue weighted by atomic mass is 10.1. The first-order valence-corrected chi connectivity index (χ1v) is 10.5. The van der Waals surface area contributed by atoms with Crippen molar-refractivity contribution in [3.05, 3.63) is 72.2 Å². The van der Waals surface area contributed by atoms with Crippen LogP contribution in [0.1, 0.15) is 6.92 Å². The number of carbonyl (C=O) groups excluding carboxylic acids is 1. The third-order valence-electron chi connectivity index (χ3n) is 4.11. The van der Waals surface area contributed by atoms with Crippen molar-refractivity contribution in [1.82, 2.24) is 15.0 Å². The Labute approximate surface area is 171 Å². The highest BCUT2D eigenvalue weighted by atomic mass is 32.2. The van der Waals surface area contributed by atoms with E-state index >= 15 is 0 Å². The number of anilines is 1. The Bertz CT molecular complexity index is 990. The predicted octanol–water partition coefficient (Wildman–Crippen LogP) is 5.32. The summed E-state index contributed by atoms with van der Waals surface area (Å²) < 4.78 is 0. The molecule has 4 aromatic rings. The van der Waals surface area contributed by atoms with Gasteiger partial charge in [-0.1, -0.05) is 72.4 Å². The van der Waals surface area contributed by atoms with Gasteiger partial charge < -0.3 is 10.3 Å². The molecule has 2 aromatic heterocycles. The molecule has 1 unspecified atom stereocenters. The van der Waals surface area contributed by atoms with Gasteiger partial charge in [0.2, 0.25) is 5.91 Å². The van der Waals surface area contributed by atoms with Gasteiger partial charge in [0.05, 0.1) is 16.6 Å². The van der Waals surface area contributed by atoms with E-state index in [4.69, 9.17) is 4.98 Å². The molecule has 2 heterocycles. The number of thiazole rings is 1. The fraction of sp³-hybridized carbons (Fsp3) is 0.0952. The van der Waals surface area contributed by atoms with Gasteiger partial charge in [-0.2, -0.15) is 0 Å². The fourth-order valence-electron chi connectivity index (χ4n) is 2.74. The molecule has 0 radical (unpaired) electrons. The minimum Gasteiger partial charge on any atom is -0.332 e. The third kappa shape index (κ3) is 4.16. The molecule has 1 amide bonds. The number of nitrogens with zero attached hydrogens (tertiary/aromatic N) is 2. The average molecular weight is 407 g/mol. The molecule has 4 rings (SSSR count). The van der Waals surface area contributed by atoms with E-state index in [1.165, 1.54) is 23.1 Å². The van der Waals surface area contributed by atoms with Gasteiger partial charge in [-0.3, -0.25) is 4.79 Å². The van der Waals surface area contributed by atoms with Crippen molar-refractivity contribution in [3.8, 4) is 22.5 Å². The molecular formula is C21H18N4OS2. The molecule has 0 bridgehead atoms. The van der Waals surface area contributed by atoms with E-state index in [0.717, 1.165) is 22.5 Å². The Morgan fingerprint density at radius 2 is 1.75 bits per heavy atom. The topological polar surface area (TPSA) is 70.7 Å². The number of amides is 1. The van der Waals surface area contributed by atoms with Crippen LogP contribution in [-0.2, 0) is 4.79 Å². The number of aromatic nitrogens is 3. The Hall–Kier alpha value is -2.90. The quantitative estimate of drug-likeness (QED) is 0.425. The van der Waals surface area contributed by atoms with Crippen LogP contribution < -0.4 is 5.32 Å². The van der Waals surface area contributed by atoms with Crippen LogP contribution in [0.25, 0.3) is 22.5 Å². The number of nitrogens with one attached hydrogen (secondary N) is 2. The molecule has 0 aliphatic carbocycles. The van der Waals surface area contributed by atoms with E-state index in [2.05, 4.69) is 15.3 Å². The highest BCUT2D eigenvalue weighted by Gasteiger charge is 2.20. The van der Waals surface area contributed by atoms with Crippen LogP contribution in [0.3, 0.4) is 0 Å². The van der Waals surface area contributed by atoms with Crippen molar-refractivity contribution in [2.24, 2.45) is 0 Å². The molecule has 0 spiro atoms. The van der Waals surface area contributed by atoms with E-state index in [-0.39, 0.29) is 11.2 Å². The first kappa shape index (κ1) is 18.5. The molecule has 28 heavy (non-hydrogen) atoms. The molecule has 5 nitrogen and oxygen atoms in total. The first-order chi connectivity index (χ1) is 13.7. The van der Waals surface area contributed by atoms with Gasteiger partial charge in [0.25, 0.3) is 0 Å². The second-order valence-electron chi connectivity index (χ2n) is 6.08. The summed E-state index contributed by atoms with van der Waals surface area (Å²) in [5.41, 5.74) is 3.91. The van der Waals surface area contributed by atoms with Gasteiger partial charge in [0, 0.05) is 22.7 Å². The molecule has 140 valence electrons. The summed E-state index contributed by atoms with van der Waals surface area (Å²) in [5, 5.41) is 5.66. The van der Waals surface area contributed by atoms with Gasteiger partial charge in [-0.15, -0.1) is 11.3 Å². The first-order valence-electron chi connectivity index (χ1n) is 8.78. The fourth-order valence-corrected chi connectivity index (χ4v) is 4.08. The van der Waals surface area contributed by atoms with Gasteiger partial charge in [-0.25, -0.2) is 9.97 Å². The number of thioether (sulfide) groups is 1. The number of H-pyrrole nitrogens is 1. The lowest BCUT2D eigenvalue weighted by molar-refractivity contribution is -0.115. The second kappa shape index (κ2) is 8.41. The van der Waals surface area contributed by atoms with E-state index in [1.807, 2.05) is 73.0 Å². The molecule has 2 aromatic carbocycles. The summed E-state index contributed by atoms with van der Waals surface area (Å²) >= 11 is 2.80. The molecular weight excluding hydrogens is 388 g/mol. The van der Waals surface area contributed by atoms with Crippen molar-refractivity contribution < 1.29 is 4.79 Å². The van der Waals surface area contributed by atoms with Crippen molar-refractivity contribution in [1.29, 1.82) is 0 Å². The number of carbonyl (C=O) groups is 1. The van der Waals surface area contributed by atoms with Gasteiger partial charge in [0.15, 0.2) is 10.3 Å². The van der Waals surface area contributed by atoms with Crippen LogP contribution in [0.15, 0.2) is 77.4 Å². The van der Waals surface area contributed by atoms with Crippen molar-refractivity contribution in [2.75, 3.05) is 5.32 Å². The highest BCUT2D eigenvalue weighted by Crippen LogP contribution is 2.33. The van der Waals surface area contributed by atoms with E-state index < -0.39 is 0 Å². The monoisotopic (exact) mass is 406 g/mol. The normalized spacial score (nSPS) is 11.9. The molecule has 0 saturated carbocycles. The molecule has 7 heteroatoms. The maximum absolute atomic E-state index is 12.4. The van der Waals surface area contributed by atoms with Crippen LogP contribution in [0.2, 0.25) is 0 Å². The maximum atomic E-state index is 12.4. The Balaban J connectivity index is 1.61. The SMILES string of the molecule is CC(Sc1nc(-c2ccccc2)c(-c2ccccc2)[nH]1)C(=O)Nc1nccs1. The Morgan fingerprint density at radius 3 is 2.39 bits per heavy atom. The maximum Gasteiger partial charge on any atom is 0.239 e. The average Bonchev–Trinajstić information content (AvgIpc) is 3.39. The van der Waals surface area contributed by atoms with Gasteiger partial charge >= 0.3 is 0 Å². The zero-order valence-corrected chi connectivity index (χ0v) is 16.8. The summed E-state index contributed by atoms with van der Waals surface area (Å²) in [6.45, 7) is 1.86. The Kier molecular flexibility index (Phi) is 5.55. The zero-order valence-electron chi connectivity index (χ0n) is 15.1. The van der Waals surface area contributed by atoms with Gasteiger partial charge in [0.1, 0.15) is 0 Å². The van der Waals surface area contributed by atoms with Gasteiger partial charge in [-0.05, 0) is 6.92 Å². The lowest BCUT2D eigenvalue weighted by Gasteiger charge is -2.08. The summed E-state index contributed by atoms with van der Waals surface area (Å²) in [5.74, 6) is -0.0983. The third-order valence-corrected chi connectivity index (χ3v) is 5.78. The molecule has 0 aliphatic rings. The second-order valence-corrected chi connectivity index (χ2v) is 8.31. The minimum absolute atomic E-state index is 0.0983. The summed E-state index contributed by atoms with van der Waals surface area (Å²) in [4.78, 5) is 24.7. The number of hydrogen-bond acceptors (Lipinski definition) is 5. The van der Waals surface area contributed by atoms with Crippen LogP contribution in [0.4, 0.5) is 5.13 Å². The zero-order chi connectivity index (χ0) is 19.3. The molecule has 0 fully saturated rings. The van der Waals surface area contributed by atoms with E-state index in [1.54, 1.807) is 6.20 Å². The van der Waals surface area contributed by atoms with Crippen LogP contribution >= 0.6 is 23.1 Å². The minimum atomic E-state index is -0.317. The van der Waals surface area contributed by atoms with Crippen molar-refractivity contribution in [2.45, 2.75) is 17.3 Å². The number of benzene rings is 2.